The SMILES string of the molecule is CON1C(=O)CC(SOOO)C1=O. The van der Waals surface area contributed by atoms with Crippen molar-refractivity contribution < 1.29 is 29.1 Å². The smallest absolute Gasteiger partial charge is 0.269 e. The summed E-state index contributed by atoms with van der Waals surface area (Å²) in [5.74, 6) is -0.985. The highest BCUT2D eigenvalue weighted by Crippen LogP contribution is 2.25. The Labute approximate surface area is 77.6 Å². The molecule has 0 bridgehead atoms. The van der Waals surface area contributed by atoms with Crippen molar-refractivity contribution in [2.45, 2.75) is 11.7 Å². The first-order valence-corrected chi connectivity index (χ1v) is 4.05. The lowest BCUT2D eigenvalue weighted by molar-refractivity contribution is -0.432. The van der Waals surface area contributed by atoms with Crippen LogP contribution in [0.15, 0.2) is 0 Å². The predicted molar refractivity (Wildman–Crippen MR) is 39.7 cm³/mol. The van der Waals surface area contributed by atoms with E-state index in [1.54, 1.807) is 0 Å². The van der Waals surface area contributed by atoms with Crippen LogP contribution >= 0.6 is 12.0 Å². The predicted octanol–water partition coefficient (Wildman–Crippen LogP) is -0.255. The number of carbonyl (C=O) groups is 2. The molecule has 8 heteroatoms. The molecule has 2 amide bonds. The summed E-state index contributed by atoms with van der Waals surface area (Å²) >= 11 is 0.551. The van der Waals surface area contributed by atoms with Crippen molar-refractivity contribution in [3.63, 3.8) is 0 Å². The topological polar surface area (TPSA) is 85.3 Å². The van der Waals surface area contributed by atoms with Crippen LogP contribution in [-0.4, -0.2) is 34.5 Å². The molecule has 0 aromatic heterocycles. The first-order valence-electron chi connectivity index (χ1n) is 3.25. The lowest BCUT2D eigenvalue weighted by Crippen LogP contribution is -2.30. The molecule has 1 heterocycles. The van der Waals surface area contributed by atoms with Crippen molar-refractivity contribution >= 4 is 23.9 Å². The molecular formula is C5H7NO6S. The van der Waals surface area contributed by atoms with Crippen molar-refractivity contribution in [1.82, 2.24) is 5.06 Å². The van der Waals surface area contributed by atoms with Crippen molar-refractivity contribution in [2.24, 2.45) is 0 Å². The van der Waals surface area contributed by atoms with Gasteiger partial charge in [-0.3, -0.25) is 14.4 Å². The van der Waals surface area contributed by atoms with Gasteiger partial charge >= 0.3 is 0 Å². The Bertz CT molecular complexity index is 221. The van der Waals surface area contributed by atoms with Crippen LogP contribution in [0.2, 0.25) is 0 Å². The van der Waals surface area contributed by atoms with Crippen LogP contribution < -0.4 is 0 Å². The second kappa shape index (κ2) is 4.53. The van der Waals surface area contributed by atoms with E-state index in [0.717, 1.165) is 0 Å². The van der Waals surface area contributed by atoms with Crippen molar-refractivity contribution in [3.8, 4) is 0 Å². The maximum absolute atomic E-state index is 11.2. The maximum Gasteiger partial charge on any atom is 0.269 e. The van der Waals surface area contributed by atoms with Gasteiger partial charge in [-0.2, -0.15) is 5.06 Å². The van der Waals surface area contributed by atoms with E-state index in [0.29, 0.717) is 17.1 Å². The molecule has 1 saturated heterocycles. The minimum absolute atomic E-state index is 0.0410. The summed E-state index contributed by atoms with van der Waals surface area (Å²) in [5.41, 5.74) is 0. The Morgan fingerprint density at radius 1 is 1.62 bits per heavy atom. The minimum Gasteiger partial charge on any atom is -0.272 e. The molecule has 1 fully saturated rings. The number of nitrogens with zero attached hydrogens (tertiary/aromatic N) is 1. The Morgan fingerprint density at radius 2 is 2.31 bits per heavy atom. The van der Waals surface area contributed by atoms with Gasteiger partial charge in [0.05, 0.1) is 13.5 Å². The van der Waals surface area contributed by atoms with Gasteiger partial charge < -0.3 is 0 Å². The van der Waals surface area contributed by atoms with Gasteiger partial charge in [0.1, 0.15) is 5.25 Å². The lowest BCUT2D eigenvalue weighted by Gasteiger charge is -2.09. The summed E-state index contributed by atoms with van der Waals surface area (Å²) in [6.45, 7) is 0. The summed E-state index contributed by atoms with van der Waals surface area (Å²) in [7, 11) is 1.21. The molecule has 7 nitrogen and oxygen atoms in total. The van der Waals surface area contributed by atoms with Crippen LogP contribution in [0.25, 0.3) is 0 Å². The second-order valence-electron chi connectivity index (χ2n) is 2.14. The molecule has 0 saturated carbocycles. The number of hydrogen-bond donors (Lipinski definition) is 1. The van der Waals surface area contributed by atoms with Crippen molar-refractivity contribution in [1.29, 1.82) is 0 Å². The molecule has 1 rings (SSSR count). The third-order valence-corrected chi connectivity index (χ3v) is 2.17. The zero-order valence-electron chi connectivity index (χ0n) is 6.63. The molecule has 1 unspecified atom stereocenters. The van der Waals surface area contributed by atoms with Gasteiger partial charge in [0, 0.05) is 12.0 Å². The van der Waals surface area contributed by atoms with Crippen LogP contribution in [0.1, 0.15) is 6.42 Å². The summed E-state index contributed by atoms with van der Waals surface area (Å²) in [6, 6.07) is 0. The second-order valence-corrected chi connectivity index (χ2v) is 3.04. The Hall–Kier alpha value is -0.670. The van der Waals surface area contributed by atoms with Gasteiger partial charge in [-0.25, -0.2) is 5.26 Å². The summed E-state index contributed by atoms with van der Waals surface area (Å²) in [4.78, 5) is 26.7. The van der Waals surface area contributed by atoms with Crippen LogP contribution in [0.4, 0.5) is 0 Å². The quantitative estimate of drug-likeness (QED) is 0.295. The number of imide groups is 1. The van der Waals surface area contributed by atoms with E-state index < -0.39 is 17.1 Å². The molecule has 0 aromatic rings. The van der Waals surface area contributed by atoms with Gasteiger partial charge in [0.25, 0.3) is 11.8 Å². The van der Waals surface area contributed by atoms with E-state index in [2.05, 4.69) is 14.2 Å². The van der Waals surface area contributed by atoms with Gasteiger partial charge in [-0.1, -0.05) is 5.04 Å². The first-order chi connectivity index (χ1) is 6.20. The molecule has 0 aliphatic carbocycles. The highest BCUT2D eigenvalue weighted by molar-refractivity contribution is 7.96. The van der Waals surface area contributed by atoms with Crippen LogP contribution in [0.5, 0.6) is 0 Å². The number of carbonyl (C=O) groups excluding carboxylic acids is 2. The van der Waals surface area contributed by atoms with Gasteiger partial charge in [-0.05, 0) is 0 Å². The summed E-state index contributed by atoms with van der Waals surface area (Å²) in [6.07, 6.45) is -0.0410. The molecule has 13 heavy (non-hydrogen) atoms. The summed E-state index contributed by atoms with van der Waals surface area (Å²) in [5, 5.41) is 11.0. The monoisotopic (exact) mass is 209 g/mol. The van der Waals surface area contributed by atoms with Gasteiger partial charge in [0.15, 0.2) is 0 Å². The zero-order valence-corrected chi connectivity index (χ0v) is 7.44. The fourth-order valence-electron chi connectivity index (χ4n) is 0.914. The zero-order chi connectivity index (χ0) is 9.84. The molecular weight excluding hydrogens is 202 g/mol. The highest BCUT2D eigenvalue weighted by Gasteiger charge is 2.40. The van der Waals surface area contributed by atoms with E-state index in [1.165, 1.54) is 7.11 Å². The molecule has 74 valence electrons. The van der Waals surface area contributed by atoms with E-state index >= 15 is 0 Å². The molecule has 1 N–H and O–H groups in total. The fraction of sp³-hybridized carbons (Fsp3) is 0.600. The molecule has 0 radical (unpaired) electrons. The van der Waals surface area contributed by atoms with Crippen LogP contribution in [0, 0.1) is 0 Å². The first kappa shape index (κ1) is 10.4. The van der Waals surface area contributed by atoms with Crippen LogP contribution in [-0.2, 0) is 23.8 Å². The van der Waals surface area contributed by atoms with Crippen LogP contribution in [0.3, 0.4) is 0 Å². The molecule has 1 aliphatic heterocycles. The Balaban J connectivity index is 2.52. The lowest BCUT2D eigenvalue weighted by atomic mass is 10.4. The number of rotatable bonds is 4. The average molecular weight is 209 g/mol. The van der Waals surface area contributed by atoms with E-state index in [9.17, 15) is 9.59 Å². The van der Waals surface area contributed by atoms with Gasteiger partial charge in [-0.15, -0.1) is 4.33 Å². The highest BCUT2D eigenvalue weighted by atomic mass is 32.2. The van der Waals surface area contributed by atoms with E-state index in [-0.39, 0.29) is 6.42 Å². The molecule has 0 spiro atoms. The Kier molecular flexibility index (Phi) is 3.63. The molecule has 1 aliphatic rings. The largest absolute Gasteiger partial charge is 0.272 e. The van der Waals surface area contributed by atoms with E-state index in [1.807, 2.05) is 0 Å². The van der Waals surface area contributed by atoms with Crippen molar-refractivity contribution in [2.75, 3.05) is 7.11 Å². The third-order valence-electron chi connectivity index (χ3n) is 1.43. The summed E-state index contributed by atoms with van der Waals surface area (Å²) < 4.78 is 4.05. The number of hydroxylamine groups is 2. The normalized spacial score (nSPS) is 22.9. The maximum atomic E-state index is 11.2. The van der Waals surface area contributed by atoms with Gasteiger partial charge in [0.2, 0.25) is 0 Å². The number of amides is 2. The standard InChI is InChI=1S/C5H7NO6S/c1-10-6-4(7)2-3(5(6)8)13-12-11-9/h3,9H,2H2,1H3. The molecule has 1 atom stereocenters. The fourth-order valence-corrected chi connectivity index (χ4v) is 1.43. The van der Waals surface area contributed by atoms with E-state index in [4.69, 9.17) is 5.26 Å². The number of hydrogen-bond acceptors (Lipinski definition) is 7. The Morgan fingerprint density at radius 3 is 2.77 bits per heavy atom. The molecule has 0 aromatic carbocycles. The average Bonchev–Trinajstić information content (AvgIpc) is 2.38. The van der Waals surface area contributed by atoms with Crippen molar-refractivity contribution in [3.05, 3.63) is 0 Å². The third kappa shape index (κ3) is 2.17. The minimum atomic E-state index is -0.736.